The van der Waals surface area contributed by atoms with Crippen LogP contribution in [0.3, 0.4) is 0 Å². The molecule has 3 rings (SSSR count). The molecule has 0 bridgehead atoms. The number of benzene rings is 3. The van der Waals surface area contributed by atoms with E-state index in [-0.39, 0.29) is 10.6 Å². The average molecular weight is 506 g/mol. The second kappa shape index (κ2) is 10.0. The van der Waals surface area contributed by atoms with Crippen LogP contribution in [0.4, 0.5) is 17.1 Å². The first-order valence-electron chi connectivity index (χ1n) is 9.75. The van der Waals surface area contributed by atoms with Crippen molar-refractivity contribution in [1.29, 1.82) is 0 Å². The van der Waals surface area contributed by atoms with Crippen molar-refractivity contribution in [3.63, 3.8) is 0 Å². The van der Waals surface area contributed by atoms with E-state index in [9.17, 15) is 21.6 Å². The first-order valence-corrected chi connectivity index (χ1v) is 13.1. The van der Waals surface area contributed by atoms with E-state index in [0.29, 0.717) is 28.4 Å². The lowest BCUT2D eigenvalue weighted by atomic mass is 10.2. The quantitative estimate of drug-likeness (QED) is 0.406. The van der Waals surface area contributed by atoms with Crippen molar-refractivity contribution in [2.24, 2.45) is 0 Å². The van der Waals surface area contributed by atoms with Gasteiger partial charge in [-0.05, 0) is 60.7 Å². The van der Waals surface area contributed by atoms with Gasteiger partial charge in [-0.3, -0.25) is 14.2 Å². The summed E-state index contributed by atoms with van der Waals surface area (Å²) in [5.74, 6) is 0.337. The van der Waals surface area contributed by atoms with Crippen LogP contribution in [0, 0.1) is 0 Å². The Labute approximate surface area is 198 Å². The van der Waals surface area contributed by atoms with Crippen molar-refractivity contribution in [3.05, 3.63) is 72.3 Å². The van der Waals surface area contributed by atoms with E-state index in [2.05, 4.69) is 14.8 Å². The molecule has 0 saturated heterocycles. The summed E-state index contributed by atoms with van der Waals surface area (Å²) in [6.45, 7) is 0. The van der Waals surface area contributed by atoms with E-state index in [1.165, 1.54) is 68.8 Å². The van der Waals surface area contributed by atoms with Crippen molar-refractivity contribution >= 4 is 43.0 Å². The third kappa shape index (κ3) is 6.39. The first-order chi connectivity index (χ1) is 16.0. The smallest absolute Gasteiger partial charge is 0.262 e. The van der Waals surface area contributed by atoms with Crippen LogP contribution in [0.15, 0.2) is 71.6 Å². The summed E-state index contributed by atoms with van der Waals surface area (Å²) >= 11 is 0. The standard InChI is InChI=1S/C22H23N3O7S2/c1-31-18-10-13-21(32-2)20(14-18)25-34(29,30)19-11-8-16(9-12-19)23-22(26)15-4-6-17(7-5-15)24-33(3,27)28/h4-14,24-25H,1-3H3,(H,23,26). The van der Waals surface area contributed by atoms with Crippen molar-refractivity contribution in [2.45, 2.75) is 4.90 Å². The minimum absolute atomic E-state index is 0.0217. The highest BCUT2D eigenvalue weighted by Crippen LogP contribution is 2.31. The topological polar surface area (TPSA) is 140 Å². The Kier molecular flexibility index (Phi) is 7.32. The number of hydrogen-bond acceptors (Lipinski definition) is 7. The maximum atomic E-state index is 12.8. The van der Waals surface area contributed by atoms with Crippen LogP contribution in [-0.4, -0.2) is 43.2 Å². The van der Waals surface area contributed by atoms with Crippen LogP contribution < -0.4 is 24.2 Å². The molecule has 0 aliphatic rings. The number of anilines is 3. The second-order valence-corrected chi connectivity index (χ2v) is 10.5. The maximum Gasteiger partial charge on any atom is 0.262 e. The first kappa shape index (κ1) is 24.9. The molecule has 0 radical (unpaired) electrons. The van der Waals surface area contributed by atoms with Gasteiger partial charge in [-0.2, -0.15) is 0 Å². The molecular weight excluding hydrogens is 482 g/mol. The molecule has 34 heavy (non-hydrogen) atoms. The van der Waals surface area contributed by atoms with Crippen LogP contribution in [0.1, 0.15) is 10.4 Å². The fourth-order valence-electron chi connectivity index (χ4n) is 2.92. The minimum Gasteiger partial charge on any atom is -0.497 e. The molecule has 3 aromatic rings. The zero-order valence-corrected chi connectivity index (χ0v) is 20.2. The summed E-state index contributed by atoms with van der Waals surface area (Å²) in [4.78, 5) is 12.4. The van der Waals surface area contributed by atoms with Crippen LogP contribution in [0.25, 0.3) is 0 Å². The summed E-state index contributed by atoms with van der Waals surface area (Å²) in [5, 5.41) is 2.66. The van der Waals surface area contributed by atoms with E-state index in [0.717, 1.165) is 6.26 Å². The molecule has 3 aromatic carbocycles. The Morgan fingerprint density at radius 1 is 0.765 bits per heavy atom. The fourth-order valence-corrected chi connectivity index (χ4v) is 4.55. The minimum atomic E-state index is -3.94. The molecule has 0 saturated carbocycles. The average Bonchev–Trinajstić information content (AvgIpc) is 2.78. The predicted octanol–water partition coefficient (Wildman–Crippen LogP) is 3.13. The van der Waals surface area contributed by atoms with E-state index in [1.54, 1.807) is 12.1 Å². The lowest BCUT2D eigenvalue weighted by molar-refractivity contribution is 0.102. The van der Waals surface area contributed by atoms with Crippen molar-refractivity contribution in [1.82, 2.24) is 0 Å². The van der Waals surface area contributed by atoms with Crippen LogP contribution >= 0.6 is 0 Å². The van der Waals surface area contributed by atoms with Crippen LogP contribution in [0.5, 0.6) is 11.5 Å². The number of sulfonamides is 2. The molecule has 0 aromatic heterocycles. The van der Waals surface area contributed by atoms with Crippen molar-refractivity contribution in [2.75, 3.05) is 35.2 Å². The molecule has 0 atom stereocenters. The Morgan fingerprint density at radius 2 is 1.38 bits per heavy atom. The lowest BCUT2D eigenvalue weighted by Crippen LogP contribution is -2.15. The maximum absolute atomic E-state index is 12.8. The van der Waals surface area contributed by atoms with Crippen molar-refractivity contribution in [3.8, 4) is 11.5 Å². The number of carbonyl (C=O) groups excluding carboxylic acids is 1. The van der Waals surface area contributed by atoms with Gasteiger partial charge >= 0.3 is 0 Å². The molecule has 12 heteroatoms. The number of hydrogen-bond donors (Lipinski definition) is 3. The van der Waals surface area contributed by atoms with Gasteiger partial charge in [0, 0.05) is 23.0 Å². The zero-order chi connectivity index (χ0) is 24.9. The summed E-state index contributed by atoms with van der Waals surface area (Å²) < 4.78 is 63.3. The summed E-state index contributed by atoms with van der Waals surface area (Å²) in [6.07, 6.45) is 1.03. The van der Waals surface area contributed by atoms with E-state index in [1.807, 2.05) is 0 Å². The van der Waals surface area contributed by atoms with Gasteiger partial charge in [-0.1, -0.05) is 0 Å². The van der Waals surface area contributed by atoms with Gasteiger partial charge in [0.25, 0.3) is 15.9 Å². The number of nitrogens with one attached hydrogen (secondary N) is 3. The number of amides is 1. The Balaban J connectivity index is 1.71. The molecule has 0 fully saturated rings. The van der Waals surface area contributed by atoms with E-state index < -0.39 is 26.0 Å². The molecule has 0 unspecified atom stereocenters. The van der Waals surface area contributed by atoms with Gasteiger partial charge in [0.05, 0.1) is 31.1 Å². The van der Waals surface area contributed by atoms with Gasteiger partial charge in [-0.15, -0.1) is 0 Å². The number of rotatable bonds is 9. The van der Waals surface area contributed by atoms with E-state index >= 15 is 0 Å². The Morgan fingerprint density at radius 3 is 1.94 bits per heavy atom. The van der Waals surface area contributed by atoms with Gasteiger partial charge in [0.15, 0.2) is 0 Å². The molecule has 3 N–H and O–H groups in total. The highest BCUT2D eigenvalue weighted by molar-refractivity contribution is 7.92. The van der Waals surface area contributed by atoms with Crippen molar-refractivity contribution < 1.29 is 31.1 Å². The fraction of sp³-hybridized carbons (Fsp3) is 0.136. The molecule has 0 aliphatic carbocycles. The molecule has 1 amide bonds. The molecule has 10 nitrogen and oxygen atoms in total. The third-order valence-corrected chi connectivity index (χ3v) is 6.51. The van der Waals surface area contributed by atoms with E-state index in [4.69, 9.17) is 9.47 Å². The lowest BCUT2D eigenvalue weighted by Gasteiger charge is -2.13. The second-order valence-electron chi connectivity index (χ2n) is 7.10. The number of methoxy groups -OCH3 is 2. The van der Waals surface area contributed by atoms with Gasteiger partial charge in [0.1, 0.15) is 11.5 Å². The Bertz CT molecular complexity index is 1390. The molecule has 180 valence electrons. The van der Waals surface area contributed by atoms with Gasteiger partial charge < -0.3 is 14.8 Å². The molecule has 0 aliphatic heterocycles. The van der Waals surface area contributed by atoms with Gasteiger partial charge in [-0.25, -0.2) is 16.8 Å². The Hall–Kier alpha value is -3.77. The SMILES string of the molecule is COc1ccc(OC)c(NS(=O)(=O)c2ccc(NC(=O)c3ccc(NS(C)(=O)=O)cc3)cc2)c1. The monoisotopic (exact) mass is 505 g/mol. The summed E-state index contributed by atoms with van der Waals surface area (Å²) in [6, 6.07) is 16.2. The van der Waals surface area contributed by atoms with Crippen LogP contribution in [0.2, 0.25) is 0 Å². The number of ether oxygens (including phenoxy) is 2. The highest BCUT2D eigenvalue weighted by atomic mass is 32.2. The summed E-state index contributed by atoms with van der Waals surface area (Å²) in [7, 11) is -4.47. The predicted molar refractivity (Wildman–Crippen MR) is 130 cm³/mol. The molecule has 0 spiro atoms. The normalized spacial score (nSPS) is 11.4. The molecular formula is C22H23N3O7S2. The number of carbonyl (C=O) groups is 1. The zero-order valence-electron chi connectivity index (χ0n) is 18.5. The van der Waals surface area contributed by atoms with Crippen LogP contribution in [-0.2, 0) is 20.0 Å². The van der Waals surface area contributed by atoms with Gasteiger partial charge in [0.2, 0.25) is 10.0 Å². The highest BCUT2D eigenvalue weighted by Gasteiger charge is 2.18. The summed E-state index contributed by atoms with van der Waals surface area (Å²) in [5.41, 5.74) is 1.21. The molecule has 0 heterocycles. The third-order valence-electron chi connectivity index (χ3n) is 4.52. The largest absolute Gasteiger partial charge is 0.497 e.